The van der Waals surface area contributed by atoms with Gasteiger partial charge < -0.3 is 29.7 Å². The number of fused-ring (bicyclic) bond motifs is 1. The molecule has 176 valence electrons. The van der Waals surface area contributed by atoms with Gasteiger partial charge in [0.05, 0.1) is 37.6 Å². The van der Waals surface area contributed by atoms with Crippen LogP contribution in [0.25, 0.3) is 22.0 Å². The van der Waals surface area contributed by atoms with Crippen LogP contribution in [0.4, 0.5) is 11.6 Å². The van der Waals surface area contributed by atoms with E-state index in [1.165, 1.54) is 0 Å². The highest BCUT2D eigenvalue weighted by Gasteiger charge is 2.18. The van der Waals surface area contributed by atoms with E-state index in [9.17, 15) is 0 Å². The van der Waals surface area contributed by atoms with Crippen molar-refractivity contribution in [3.05, 3.63) is 35.5 Å². The van der Waals surface area contributed by atoms with Gasteiger partial charge in [-0.25, -0.2) is 9.97 Å². The number of methoxy groups -OCH3 is 2. The number of aromatic nitrogens is 2. The number of hydrogen-bond acceptors (Lipinski definition) is 8. The van der Waals surface area contributed by atoms with Gasteiger partial charge >= 0.3 is 0 Å². The number of benzene rings is 1. The van der Waals surface area contributed by atoms with Crippen molar-refractivity contribution >= 4 is 34.0 Å². The number of anilines is 2. The van der Waals surface area contributed by atoms with Crippen LogP contribution in [0.5, 0.6) is 11.5 Å². The number of nitrogens with zero attached hydrogens (tertiary/aromatic N) is 3. The number of likely N-dealkylation sites (N-methyl/N-ethyl adjacent to an activating group) is 1. The number of pyridine rings is 2. The van der Waals surface area contributed by atoms with Crippen molar-refractivity contribution < 1.29 is 14.2 Å². The fourth-order valence-electron chi connectivity index (χ4n) is 3.78. The van der Waals surface area contributed by atoms with E-state index in [1.807, 2.05) is 38.5 Å². The summed E-state index contributed by atoms with van der Waals surface area (Å²) in [6.07, 6.45) is 2.84. The lowest BCUT2D eigenvalue weighted by Gasteiger charge is -2.17. The van der Waals surface area contributed by atoms with Crippen molar-refractivity contribution in [3.8, 4) is 22.8 Å². The second kappa shape index (κ2) is 10.4. The number of rotatable bonds is 9. The molecule has 1 atom stereocenters. The predicted octanol–water partition coefficient (Wildman–Crippen LogP) is 4.14. The van der Waals surface area contributed by atoms with E-state index in [1.54, 1.807) is 20.3 Å². The Labute approximate surface area is 199 Å². The summed E-state index contributed by atoms with van der Waals surface area (Å²) in [5, 5.41) is 9.38. The first kappa shape index (κ1) is 23.4. The largest absolute Gasteiger partial charge is 0.497 e. The lowest BCUT2D eigenvalue weighted by atomic mass is 10.1. The van der Waals surface area contributed by atoms with Gasteiger partial charge in [-0.15, -0.1) is 0 Å². The van der Waals surface area contributed by atoms with Crippen molar-refractivity contribution in [2.45, 2.75) is 12.5 Å². The summed E-state index contributed by atoms with van der Waals surface area (Å²) in [5.74, 6) is 2.76. The minimum absolute atomic E-state index is 0.274. The molecule has 0 bridgehead atoms. The minimum Gasteiger partial charge on any atom is -0.497 e. The molecule has 2 aromatic heterocycles. The van der Waals surface area contributed by atoms with Crippen molar-refractivity contribution in [3.63, 3.8) is 0 Å². The van der Waals surface area contributed by atoms with Crippen molar-refractivity contribution in [1.29, 1.82) is 0 Å². The van der Waals surface area contributed by atoms with Crippen LogP contribution in [0.15, 0.2) is 30.5 Å². The van der Waals surface area contributed by atoms with Crippen molar-refractivity contribution in [2.75, 3.05) is 65.3 Å². The van der Waals surface area contributed by atoms with Gasteiger partial charge in [0.2, 0.25) is 0 Å². The molecule has 1 aliphatic heterocycles. The first-order valence-corrected chi connectivity index (χ1v) is 11.3. The molecule has 0 aliphatic carbocycles. The molecule has 2 N–H and O–H groups in total. The number of halogens is 1. The zero-order valence-corrected chi connectivity index (χ0v) is 20.2. The van der Waals surface area contributed by atoms with E-state index in [-0.39, 0.29) is 6.04 Å². The van der Waals surface area contributed by atoms with E-state index in [0.717, 1.165) is 54.1 Å². The third-order valence-electron chi connectivity index (χ3n) is 5.59. The van der Waals surface area contributed by atoms with Crippen LogP contribution in [0.1, 0.15) is 6.42 Å². The maximum absolute atomic E-state index is 6.66. The molecule has 3 heterocycles. The van der Waals surface area contributed by atoms with Crippen molar-refractivity contribution in [2.24, 2.45) is 0 Å². The number of hydrogen-bond donors (Lipinski definition) is 2. The van der Waals surface area contributed by atoms with E-state index in [4.69, 9.17) is 30.8 Å². The Balaban J connectivity index is 1.78. The van der Waals surface area contributed by atoms with Crippen LogP contribution in [-0.4, -0.2) is 75.5 Å². The van der Waals surface area contributed by atoms with E-state index >= 15 is 0 Å². The molecule has 0 spiro atoms. The fraction of sp³-hybridized carbons (Fsp3) is 0.417. The summed E-state index contributed by atoms with van der Waals surface area (Å²) in [7, 11) is 7.28. The first-order valence-electron chi connectivity index (χ1n) is 10.9. The topological polar surface area (TPSA) is 80.8 Å². The van der Waals surface area contributed by atoms with Gasteiger partial charge in [-0.05, 0) is 38.7 Å². The van der Waals surface area contributed by atoms with Crippen LogP contribution < -0.4 is 20.1 Å². The molecule has 1 saturated heterocycles. The maximum Gasteiger partial charge on any atom is 0.141 e. The van der Waals surface area contributed by atoms with Gasteiger partial charge in [-0.1, -0.05) is 11.6 Å². The standard InChI is InChI=1S/C24H30ClN5O3/c1-30(2)7-6-26-24-18-12-22(28-16-5-8-33-14-16)27-13-15(18)9-20(29-24)19-10-17(31-3)11-21(32-4)23(19)25/h9-13,16H,5-8,14H2,1-4H3,(H,26,29)(H,27,28). The van der Waals surface area contributed by atoms with Crippen molar-refractivity contribution in [1.82, 2.24) is 14.9 Å². The highest BCUT2D eigenvalue weighted by molar-refractivity contribution is 6.34. The Hall–Kier alpha value is -2.81. The molecule has 4 rings (SSSR count). The minimum atomic E-state index is 0.274. The van der Waals surface area contributed by atoms with Gasteiger partial charge in [0.1, 0.15) is 23.1 Å². The molecule has 33 heavy (non-hydrogen) atoms. The summed E-state index contributed by atoms with van der Waals surface area (Å²) < 4.78 is 16.4. The predicted molar refractivity (Wildman–Crippen MR) is 133 cm³/mol. The van der Waals surface area contributed by atoms with Crippen LogP contribution in [0.2, 0.25) is 5.02 Å². The molecule has 1 fully saturated rings. The molecule has 1 unspecified atom stereocenters. The average molecular weight is 472 g/mol. The normalized spacial score (nSPS) is 15.8. The van der Waals surface area contributed by atoms with Gasteiger partial charge in [0.25, 0.3) is 0 Å². The van der Waals surface area contributed by atoms with Gasteiger partial charge in [0.15, 0.2) is 0 Å². The Kier molecular flexibility index (Phi) is 7.37. The van der Waals surface area contributed by atoms with Crippen LogP contribution in [0, 0.1) is 0 Å². The number of nitrogens with one attached hydrogen (secondary N) is 2. The lowest BCUT2D eigenvalue weighted by molar-refractivity contribution is 0.195. The Morgan fingerprint density at radius 2 is 2.03 bits per heavy atom. The van der Waals surface area contributed by atoms with E-state index in [0.29, 0.717) is 28.8 Å². The fourth-order valence-corrected chi connectivity index (χ4v) is 4.06. The summed E-state index contributed by atoms with van der Waals surface area (Å²) in [6, 6.07) is 7.93. The number of ether oxygens (including phenoxy) is 3. The quantitative estimate of drug-likeness (QED) is 0.482. The molecule has 0 radical (unpaired) electrons. The summed E-state index contributed by atoms with van der Waals surface area (Å²) >= 11 is 6.66. The molecule has 8 nitrogen and oxygen atoms in total. The Morgan fingerprint density at radius 1 is 1.18 bits per heavy atom. The first-order chi connectivity index (χ1) is 16.0. The molecule has 1 aliphatic rings. The van der Waals surface area contributed by atoms with Crippen LogP contribution in [0.3, 0.4) is 0 Å². The smallest absolute Gasteiger partial charge is 0.141 e. The lowest BCUT2D eigenvalue weighted by Crippen LogP contribution is -2.21. The molecular formula is C24H30ClN5O3. The average Bonchev–Trinajstić information content (AvgIpc) is 3.32. The third-order valence-corrected chi connectivity index (χ3v) is 5.98. The molecular weight excluding hydrogens is 442 g/mol. The summed E-state index contributed by atoms with van der Waals surface area (Å²) in [6.45, 7) is 3.09. The second-order valence-electron chi connectivity index (χ2n) is 8.27. The maximum atomic E-state index is 6.66. The van der Waals surface area contributed by atoms with Gasteiger partial charge in [-0.3, -0.25) is 0 Å². The second-order valence-corrected chi connectivity index (χ2v) is 8.65. The monoisotopic (exact) mass is 471 g/mol. The van der Waals surface area contributed by atoms with E-state index in [2.05, 4.69) is 20.5 Å². The highest BCUT2D eigenvalue weighted by Crippen LogP contribution is 2.40. The third kappa shape index (κ3) is 5.40. The molecule has 1 aromatic carbocycles. The Bertz CT molecular complexity index is 1120. The molecule has 0 saturated carbocycles. The van der Waals surface area contributed by atoms with Gasteiger partial charge in [0, 0.05) is 48.3 Å². The molecule has 9 heteroatoms. The Morgan fingerprint density at radius 3 is 2.73 bits per heavy atom. The summed E-state index contributed by atoms with van der Waals surface area (Å²) in [4.78, 5) is 11.7. The van der Waals surface area contributed by atoms with Crippen LogP contribution >= 0.6 is 11.6 Å². The zero-order valence-electron chi connectivity index (χ0n) is 19.4. The molecule has 0 amide bonds. The molecule has 3 aromatic rings. The summed E-state index contributed by atoms with van der Waals surface area (Å²) in [5.41, 5.74) is 1.44. The van der Waals surface area contributed by atoms with Gasteiger partial charge in [-0.2, -0.15) is 0 Å². The highest BCUT2D eigenvalue weighted by atomic mass is 35.5. The van der Waals surface area contributed by atoms with Crippen LogP contribution in [-0.2, 0) is 4.74 Å². The SMILES string of the molecule is COc1cc(OC)c(Cl)c(-c2cc3cnc(NC4CCOC4)cc3c(NCCN(C)C)n2)c1. The van der Waals surface area contributed by atoms with E-state index < -0.39 is 0 Å². The zero-order chi connectivity index (χ0) is 23.4.